The minimum absolute atomic E-state index is 0.0995. The fourth-order valence-electron chi connectivity index (χ4n) is 2.72. The number of anilines is 2. The van der Waals surface area contributed by atoms with E-state index in [-0.39, 0.29) is 11.5 Å². The van der Waals surface area contributed by atoms with E-state index in [0.29, 0.717) is 11.7 Å². The molecule has 2 aromatic heterocycles. The number of benzene rings is 1. The summed E-state index contributed by atoms with van der Waals surface area (Å²) in [5.74, 6) is 1.83. The van der Waals surface area contributed by atoms with Crippen LogP contribution in [0.1, 0.15) is 44.1 Å². The summed E-state index contributed by atoms with van der Waals surface area (Å²) in [6, 6.07) is 12.1. The Bertz CT molecular complexity index is 857. The summed E-state index contributed by atoms with van der Waals surface area (Å²) >= 11 is 0. The Labute approximate surface area is 146 Å². The van der Waals surface area contributed by atoms with Gasteiger partial charge in [0.15, 0.2) is 11.6 Å². The highest BCUT2D eigenvalue weighted by Gasteiger charge is 2.40. The van der Waals surface area contributed by atoms with Crippen LogP contribution in [0.25, 0.3) is 0 Å². The quantitative estimate of drug-likeness (QED) is 0.708. The first kappa shape index (κ1) is 15.6. The molecule has 0 bridgehead atoms. The molecule has 1 fully saturated rings. The molecule has 0 unspecified atom stereocenters. The molecule has 2 N–H and O–H groups in total. The molecule has 2 heterocycles. The van der Waals surface area contributed by atoms with E-state index in [0.717, 1.165) is 17.1 Å². The average Bonchev–Trinajstić information content (AvgIpc) is 3.20. The van der Waals surface area contributed by atoms with Crippen molar-refractivity contribution in [3.63, 3.8) is 0 Å². The van der Waals surface area contributed by atoms with Crippen molar-refractivity contribution in [1.82, 2.24) is 20.2 Å². The van der Waals surface area contributed by atoms with Crippen LogP contribution in [0.2, 0.25) is 0 Å². The van der Waals surface area contributed by atoms with Crippen molar-refractivity contribution in [2.75, 3.05) is 5.32 Å². The molecule has 0 saturated heterocycles. The third-order valence-corrected chi connectivity index (χ3v) is 4.66. The predicted octanol–water partition coefficient (Wildman–Crippen LogP) is 4.13. The van der Waals surface area contributed by atoms with Crippen molar-refractivity contribution < 1.29 is 4.74 Å². The van der Waals surface area contributed by atoms with Gasteiger partial charge in [-0.05, 0) is 25.3 Å². The van der Waals surface area contributed by atoms with Crippen LogP contribution in [-0.2, 0) is 5.41 Å². The number of rotatable bonds is 6. The van der Waals surface area contributed by atoms with Crippen molar-refractivity contribution >= 4 is 11.6 Å². The maximum absolute atomic E-state index is 5.91. The molecule has 0 spiro atoms. The van der Waals surface area contributed by atoms with Gasteiger partial charge in [0.05, 0.1) is 12.4 Å². The monoisotopic (exact) mass is 335 g/mol. The van der Waals surface area contributed by atoms with Crippen LogP contribution in [0.15, 0.2) is 48.8 Å². The van der Waals surface area contributed by atoms with Crippen LogP contribution in [0.5, 0.6) is 5.88 Å². The zero-order valence-electron chi connectivity index (χ0n) is 14.4. The van der Waals surface area contributed by atoms with Gasteiger partial charge in [0.2, 0.25) is 5.88 Å². The van der Waals surface area contributed by atoms with Crippen LogP contribution >= 0.6 is 0 Å². The number of aromatic nitrogens is 4. The molecule has 128 valence electrons. The highest BCUT2D eigenvalue weighted by atomic mass is 16.5. The highest BCUT2D eigenvalue weighted by Crippen LogP contribution is 2.47. The maximum Gasteiger partial charge on any atom is 0.234 e. The Hall–Kier alpha value is -2.89. The number of hydrogen-bond acceptors (Lipinski definition) is 5. The van der Waals surface area contributed by atoms with Crippen molar-refractivity contribution in [1.29, 1.82) is 0 Å². The summed E-state index contributed by atoms with van der Waals surface area (Å²) in [7, 11) is 0. The van der Waals surface area contributed by atoms with E-state index in [2.05, 4.69) is 32.4 Å². The lowest BCUT2D eigenvalue weighted by Crippen LogP contribution is -2.05. The molecule has 6 nitrogen and oxygen atoms in total. The second-order valence-corrected chi connectivity index (χ2v) is 6.77. The first-order valence-corrected chi connectivity index (χ1v) is 8.49. The molecule has 1 saturated carbocycles. The number of nitrogens with one attached hydrogen (secondary N) is 2. The zero-order valence-corrected chi connectivity index (χ0v) is 14.4. The number of ether oxygens (including phenoxy) is 1. The molecular weight excluding hydrogens is 314 g/mol. The summed E-state index contributed by atoms with van der Waals surface area (Å²) in [5.41, 5.74) is 2.51. The summed E-state index contributed by atoms with van der Waals surface area (Å²) in [6.45, 7) is 4.23. The van der Waals surface area contributed by atoms with Crippen LogP contribution in [0, 0.1) is 0 Å². The van der Waals surface area contributed by atoms with Gasteiger partial charge in [-0.25, -0.2) is 0 Å². The van der Waals surface area contributed by atoms with Crippen molar-refractivity contribution in [2.45, 2.75) is 38.2 Å². The molecule has 0 aliphatic heterocycles. The van der Waals surface area contributed by atoms with Crippen molar-refractivity contribution in [3.8, 4) is 5.88 Å². The topological polar surface area (TPSA) is 75.7 Å². The largest absolute Gasteiger partial charge is 0.469 e. The van der Waals surface area contributed by atoms with Gasteiger partial charge in [-0.1, -0.05) is 37.3 Å². The molecule has 1 aromatic carbocycles. The van der Waals surface area contributed by atoms with Gasteiger partial charge in [-0.2, -0.15) is 10.1 Å². The molecule has 4 rings (SSSR count). The number of hydrogen-bond donors (Lipinski definition) is 2. The predicted molar refractivity (Wildman–Crippen MR) is 96.0 cm³/mol. The normalized spacial score (nSPS) is 16.2. The third-order valence-electron chi connectivity index (χ3n) is 4.66. The van der Waals surface area contributed by atoms with E-state index in [1.807, 2.05) is 43.3 Å². The fraction of sp³-hybridized carbons (Fsp3) is 0.316. The molecule has 3 aromatic rings. The van der Waals surface area contributed by atoms with E-state index in [9.17, 15) is 0 Å². The van der Waals surface area contributed by atoms with Crippen LogP contribution in [-0.4, -0.2) is 20.2 Å². The highest BCUT2D eigenvalue weighted by molar-refractivity contribution is 5.52. The van der Waals surface area contributed by atoms with E-state index >= 15 is 0 Å². The van der Waals surface area contributed by atoms with Gasteiger partial charge in [-0.15, -0.1) is 0 Å². The number of aromatic amines is 1. The lowest BCUT2D eigenvalue weighted by molar-refractivity contribution is 0.217. The Morgan fingerprint density at radius 3 is 2.72 bits per heavy atom. The summed E-state index contributed by atoms with van der Waals surface area (Å²) in [4.78, 5) is 8.68. The van der Waals surface area contributed by atoms with Crippen LogP contribution in [0.4, 0.5) is 11.6 Å². The van der Waals surface area contributed by atoms with E-state index < -0.39 is 0 Å². The summed E-state index contributed by atoms with van der Waals surface area (Å²) in [5, 5.41) is 10.6. The Kier molecular flexibility index (Phi) is 3.87. The maximum atomic E-state index is 5.91. The third kappa shape index (κ3) is 3.47. The Morgan fingerprint density at radius 2 is 1.96 bits per heavy atom. The minimum Gasteiger partial charge on any atom is -0.469 e. The van der Waals surface area contributed by atoms with Gasteiger partial charge in [-0.3, -0.25) is 10.1 Å². The Morgan fingerprint density at radius 1 is 1.16 bits per heavy atom. The van der Waals surface area contributed by atoms with Gasteiger partial charge < -0.3 is 10.1 Å². The van der Waals surface area contributed by atoms with Gasteiger partial charge in [0.25, 0.3) is 0 Å². The fourth-order valence-corrected chi connectivity index (χ4v) is 2.72. The molecule has 1 atom stereocenters. The second kappa shape index (κ2) is 6.20. The molecular formula is C19H21N5O. The minimum atomic E-state index is -0.0995. The molecule has 0 radical (unpaired) electrons. The van der Waals surface area contributed by atoms with Crippen molar-refractivity contribution in [2.24, 2.45) is 0 Å². The van der Waals surface area contributed by atoms with Gasteiger partial charge in [0, 0.05) is 17.2 Å². The SMILES string of the molecule is C[C@H](Oc1cncc(Nc2cc(C3(C)CC3)[nH]n2)n1)c1ccccc1. The average molecular weight is 335 g/mol. The molecule has 25 heavy (non-hydrogen) atoms. The lowest BCUT2D eigenvalue weighted by Gasteiger charge is -2.14. The van der Waals surface area contributed by atoms with Crippen molar-refractivity contribution in [3.05, 3.63) is 60.0 Å². The lowest BCUT2D eigenvalue weighted by atomic mass is 10.1. The van der Waals surface area contributed by atoms with Crippen LogP contribution in [0.3, 0.4) is 0 Å². The Balaban J connectivity index is 1.45. The first-order chi connectivity index (χ1) is 12.1. The second-order valence-electron chi connectivity index (χ2n) is 6.77. The summed E-state index contributed by atoms with van der Waals surface area (Å²) in [6.07, 6.45) is 5.58. The number of nitrogens with zero attached hydrogens (tertiary/aromatic N) is 3. The van der Waals surface area contributed by atoms with Gasteiger partial charge in [0.1, 0.15) is 6.10 Å². The zero-order chi connectivity index (χ0) is 17.3. The van der Waals surface area contributed by atoms with Gasteiger partial charge >= 0.3 is 0 Å². The standard InChI is InChI=1S/C19H21N5O/c1-13(14-6-4-3-5-7-14)25-18-12-20-11-17(22-18)21-16-10-15(23-24-16)19(2)8-9-19/h3-7,10-13H,8-9H2,1-2H3,(H2,21,22,23,24)/t13-/m0/s1. The smallest absolute Gasteiger partial charge is 0.234 e. The molecule has 6 heteroatoms. The van der Waals surface area contributed by atoms with E-state index in [1.54, 1.807) is 12.4 Å². The molecule has 0 amide bonds. The van der Waals surface area contributed by atoms with E-state index in [4.69, 9.17) is 4.74 Å². The number of H-pyrrole nitrogens is 1. The first-order valence-electron chi connectivity index (χ1n) is 8.49. The summed E-state index contributed by atoms with van der Waals surface area (Å²) < 4.78 is 5.91. The molecule has 1 aliphatic rings. The van der Waals surface area contributed by atoms with Crippen LogP contribution < -0.4 is 10.1 Å². The molecule has 1 aliphatic carbocycles. The van der Waals surface area contributed by atoms with E-state index in [1.165, 1.54) is 12.8 Å².